The molecule has 208 valence electrons. The van der Waals surface area contributed by atoms with Crippen molar-refractivity contribution in [3.8, 4) is 22.8 Å². The number of imidazole rings is 1. The van der Waals surface area contributed by atoms with Gasteiger partial charge in [-0.1, -0.05) is 77.0 Å². The number of rotatable bonds is 3. The molecule has 6 aromatic heterocycles. The van der Waals surface area contributed by atoms with Crippen LogP contribution >= 0.6 is 0 Å². The van der Waals surface area contributed by atoms with Gasteiger partial charge in [0.1, 0.15) is 11.3 Å². The van der Waals surface area contributed by atoms with E-state index in [1.807, 2.05) is 61.1 Å². The summed E-state index contributed by atoms with van der Waals surface area (Å²) in [6.07, 6.45) is 5.70. The molecule has 0 amide bonds. The molecule has 0 unspecified atom stereocenters. The van der Waals surface area contributed by atoms with Crippen LogP contribution in [-0.2, 0) is 20.4 Å². The molecule has 0 aliphatic heterocycles. The summed E-state index contributed by atoms with van der Waals surface area (Å²) >= 11 is 0. The number of fused-ring (bicyclic) bond motifs is 12. The molecule has 7 heteroatoms. The molecule has 0 aliphatic rings. The Labute approximate surface area is 264 Å². The topological polar surface area (TPSA) is 56.7 Å². The number of hydrogen-bond acceptors (Lipinski definition) is 4. The van der Waals surface area contributed by atoms with E-state index in [9.17, 15) is 0 Å². The SMILES string of the molecule is [Pd+2].[c-]1c(Oc2[c-]c3c(cc2)c2cccc4c5cccnc5n3c24)ccc2c1c1nc(-c3ccccc3)cn1c1ncccc21. The van der Waals surface area contributed by atoms with Gasteiger partial charge in [-0.2, -0.15) is 6.07 Å². The van der Waals surface area contributed by atoms with Gasteiger partial charge in [-0.05, 0) is 29.0 Å². The van der Waals surface area contributed by atoms with Crippen LogP contribution in [0.2, 0.25) is 0 Å². The summed E-state index contributed by atoms with van der Waals surface area (Å²) in [6, 6.07) is 40.0. The Bertz CT molecular complexity index is 2710. The predicted molar refractivity (Wildman–Crippen MR) is 170 cm³/mol. The van der Waals surface area contributed by atoms with Gasteiger partial charge in [-0.15, -0.1) is 29.7 Å². The van der Waals surface area contributed by atoms with Crippen molar-refractivity contribution in [2.45, 2.75) is 0 Å². The van der Waals surface area contributed by atoms with Crippen LogP contribution in [0.15, 0.2) is 116 Å². The average molecular weight is 656 g/mol. The first-order valence-electron chi connectivity index (χ1n) is 14.1. The van der Waals surface area contributed by atoms with Crippen LogP contribution in [-0.4, -0.2) is 23.8 Å². The van der Waals surface area contributed by atoms with Gasteiger partial charge in [0, 0.05) is 51.9 Å². The molecule has 0 saturated carbocycles. The Balaban J connectivity index is 0.00000270. The maximum absolute atomic E-state index is 6.45. The molecule has 10 rings (SSSR count). The van der Waals surface area contributed by atoms with Crippen molar-refractivity contribution in [3.63, 3.8) is 0 Å². The summed E-state index contributed by atoms with van der Waals surface area (Å²) in [7, 11) is 0. The van der Waals surface area contributed by atoms with Gasteiger partial charge < -0.3 is 13.5 Å². The van der Waals surface area contributed by atoms with Crippen LogP contribution in [0.4, 0.5) is 0 Å². The van der Waals surface area contributed by atoms with Crippen molar-refractivity contribution >= 4 is 65.7 Å². The first-order chi connectivity index (χ1) is 21.3. The van der Waals surface area contributed by atoms with Gasteiger partial charge in [-0.3, -0.25) is 4.98 Å². The van der Waals surface area contributed by atoms with E-state index in [4.69, 9.17) is 19.7 Å². The van der Waals surface area contributed by atoms with Crippen LogP contribution in [0.25, 0.3) is 76.9 Å². The van der Waals surface area contributed by atoms with Crippen LogP contribution in [0.3, 0.4) is 0 Å². The van der Waals surface area contributed by atoms with Crippen LogP contribution < -0.4 is 4.74 Å². The second-order valence-electron chi connectivity index (χ2n) is 10.8. The van der Waals surface area contributed by atoms with Gasteiger partial charge >= 0.3 is 20.4 Å². The minimum absolute atomic E-state index is 0. The molecular weight excluding hydrogens is 637 g/mol. The zero-order chi connectivity index (χ0) is 28.1. The number of pyridine rings is 3. The molecule has 4 aromatic carbocycles. The van der Waals surface area contributed by atoms with Crippen molar-refractivity contribution in [2.24, 2.45) is 0 Å². The molecule has 0 spiro atoms. The van der Waals surface area contributed by atoms with Gasteiger partial charge in [0.25, 0.3) is 0 Å². The normalized spacial score (nSPS) is 11.9. The number of nitrogens with zero attached hydrogens (tertiary/aromatic N) is 5. The van der Waals surface area contributed by atoms with E-state index in [1.54, 1.807) is 0 Å². The maximum Gasteiger partial charge on any atom is 2.00 e. The Kier molecular flexibility index (Phi) is 5.34. The number of benzene rings is 4. The second-order valence-corrected chi connectivity index (χ2v) is 10.8. The molecule has 0 N–H and O–H groups in total. The molecule has 6 nitrogen and oxygen atoms in total. The van der Waals surface area contributed by atoms with E-state index in [1.165, 1.54) is 10.8 Å². The van der Waals surface area contributed by atoms with E-state index in [0.29, 0.717) is 11.5 Å². The minimum Gasteiger partial charge on any atom is -0.503 e. The van der Waals surface area contributed by atoms with Crippen LogP contribution in [0.5, 0.6) is 11.5 Å². The number of hydrogen-bond donors (Lipinski definition) is 0. The maximum atomic E-state index is 6.45. The molecule has 0 fully saturated rings. The third-order valence-corrected chi connectivity index (χ3v) is 8.40. The molecule has 6 heterocycles. The molecule has 0 atom stereocenters. The fourth-order valence-electron chi connectivity index (χ4n) is 6.56. The average Bonchev–Trinajstić information content (AvgIpc) is 3.75. The van der Waals surface area contributed by atoms with E-state index < -0.39 is 0 Å². The first kappa shape index (κ1) is 25.2. The standard InChI is InChI=1S/C37H19N5O.Pd/c1-2-7-22(8-3-1)32-21-41-35-29(11-5-17-38-35)25-15-13-23(19-31(25)37(41)40-32)43-24-14-16-26-27-9-4-10-28-30-12-6-18-39-36(30)42(34(27)28)33(26)20-24;/h1-18,21H;/q-2;+2. The zero-order valence-corrected chi connectivity index (χ0v) is 24.5. The van der Waals surface area contributed by atoms with E-state index in [0.717, 1.165) is 66.2 Å². The van der Waals surface area contributed by atoms with Crippen molar-refractivity contribution in [1.82, 2.24) is 23.8 Å². The minimum atomic E-state index is 0. The number of ether oxygens (including phenoxy) is 1. The largest absolute Gasteiger partial charge is 2.00 e. The van der Waals surface area contributed by atoms with Crippen molar-refractivity contribution in [3.05, 3.63) is 128 Å². The fraction of sp³-hybridized carbons (Fsp3) is 0. The monoisotopic (exact) mass is 655 g/mol. The molecule has 10 aromatic rings. The Morgan fingerprint density at radius 3 is 2.07 bits per heavy atom. The summed E-state index contributed by atoms with van der Waals surface area (Å²) < 4.78 is 10.7. The molecule has 0 bridgehead atoms. The molecule has 0 saturated heterocycles. The quantitative estimate of drug-likeness (QED) is 0.109. The van der Waals surface area contributed by atoms with Crippen molar-refractivity contribution in [1.29, 1.82) is 0 Å². The number of para-hydroxylation sites is 1. The molecular formula is C37H19N5OPd. The fourth-order valence-corrected chi connectivity index (χ4v) is 6.56. The zero-order valence-electron chi connectivity index (χ0n) is 22.9. The molecule has 0 radical (unpaired) electrons. The predicted octanol–water partition coefficient (Wildman–Crippen LogP) is 8.64. The van der Waals surface area contributed by atoms with Gasteiger partial charge in [0.2, 0.25) is 0 Å². The molecule has 44 heavy (non-hydrogen) atoms. The van der Waals surface area contributed by atoms with Gasteiger partial charge in [0.15, 0.2) is 0 Å². The first-order valence-corrected chi connectivity index (χ1v) is 14.1. The Hall–Kier alpha value is -5.35. The van der Waals surface area contributed by atoms with E-state index in [-0.39, 0.29) is 20.4 Å². The van der Waals surface area contributed by atoms with Gasteiger partial charge in [-0.25, -0.2) is 9.97 Å². The second kappa shape index (κ2) is 9.32. The smallest absolute Gasteiger partial charge is 0.503 e. The summed E-state index contributed by atoms with van der Waals surface area (Å²) in [5.74, 6) is 1.20. The summed E-state index contributed by atoms with van der Waals surface area (Å²) in [4.78, 5) is 14.5. The third kappa shape index (κ3) is 3.42. The van der Waals surface area contributed by atoms with Crippen LogP contribution in [0, 0.1) is 12.1 Å². The summed E-state index contributed by atoms with van der Waals surface area (Å²) in [6.45, 7) is 0. The third-order valence-electron chi connectivity index (χ3n) is 8.40. The van der Waals surface area contributed by atoms with Crippen molar-refractivity contribution < 1.29 is 25.2 Å². The van der Waals surface area contributed by atoms with Crippen LogP contribution in [0.1, 0.15) is 0 Å². The summed E-state index contributed by atoms with van der Waals surface area (Å²) in [5, 5.41) is 7.55. The molecule has 0 aliphatic carbocycles. The Morgan fingerprint density at radius 1 is 0.568 bits per heavy atom. The van der Waals surface area contributed by atoms with Crippen molar-refractivity contribution in [2.75, 3.05) is 0 Å². The van der Waals surface area contributed by atoms with E-state index in [2.05, 4.69) is 75.5 Å². The van der Waals surface area contributed by atoms with E-state index >= 15 is 0 Å². The Morgan fingerprint density at radius 2 is 1.25 bits per heavy atom. The van der Waals surface area contributed by atoms with Gasteiger partial charge in [0.05, 0.1) is 11.3 Å². The summed E-state index contributed by atoms with van der Waals surface area (Å²) in [5.41, 5.74) is 6.59. The number of aromatic nitrogens is 5.